The van der Waals surface area contributed by atoms with Crippen molar-refractivity contribution < 1.29 is 9.47 Å². The molecule has 1 N–H and O–H groups in total. The number of aryl methyl sites for hydroxylation is 3. The second-order valence-corrected chi connectivity index (χ2v) is 6.13. The predicted molar refractivity (Wildman–Crippen MR) is 97.2 cm³/mol. The van der Waals surface area contributed by atoms with Crippen LogP contribution in [-0.4, -0.2) is 30.0 Å². The highest BCUT2D eigenvalue weighted by Crippen LogP contribution is 2.36. The van der Waals surface area contributed by atoms with Crippen LogP contribution in [-0.2, 0) is 13.1 Å². The van der Waals surface area contributed by atoms with E-state index in [1.54, 1.807) is 7.11 Å². The van der Waals surface area contributed by atoms with Gasteiger partial charge in [-0.25, -0.2) is 0 Å². The number of hydrogen-bond acceptors (Lipinski definition) is 4. The molecule has 0 aliphatic carbocycles. The SMILES string of the molecule is CCOc1cc(CNCCCn2nc(C)cc2C)cc(Cl)c1OC. The summed E-state index contributed by atoms with van der Waals surface area (Å²) in [7, 11) is 1.60. The van der Waals surface area contributed by atoms with Gasteiger partial charge in [0.2, 0.25) is 0 Å². The zero-order valence-corrected chi connectivity index (χ0v) is 15.6. The lowest BCUT2D eigenvalue weighted by molar-refractivity contribution is 0.310. The van der Waals surface area contributed by atoms with Crippen LogP contribution in [0, 0.1) is 13.8 Å². The number of methoxy groups -OCH3 is 1. The maximum Gasteiger partial charge on any atom is 0.179 e. The summed E-state index contributed by atoms with van der Waals surface area (Å²) in [5.74, 6) is 1.28. The molecule has 0 saturated heterocycles. The molecule has 6 heteroatoms. The summed E-state index contributed by atoms with van der Waals surface area (Å²) in [4.78, 5) is 0. The summed E-state index contributed by atoms with van der Waals surface area (Å²) in [6, 6.07) is 5.99. The van der Waals surface area contributed by atoms with Gasteiger partial charge in [-0.2, -0.15) is 5.10 Å². The molecule has 2 aromatic rings. The predicted octanol–water partition coefficient (Wildman–Crippen LogP) is 3.74. The minimum absolute atomic E-state index is 0.572. The molecule has 0 unspecified atom stereocenters. The van der Waals surface area contributed by atoms with Crippen LogP contribution >= 0.6 is 11.6 Å². The molecule has 132 valence electrons. The van der Waals surface area contributed by atoms with Crippen LogP contribution in [0.1, 0.15) is 30.3 Å². The van der Waals surface area contributed by atoms with Gasteiger partial charge in [0, 0.05) is 18.8 Å². The Morgan fingerprint density at radius 3 is 2.67 bits per heavy atom. The smallest absolute Gasteiger partial charge is 0.179 e. The Morgan fingerprint density at radius 1 is 1.25 bits per heavy atom. The number of rotatable bonds is 9. The Morgan fingerprint density at radius 2 is 2.04 bits per heavy atom. The van der Waals surface area contributed by atoms with Gasteiger partial charge in [0.05, 0.1) is 24.4 Å². The minimum Gasteiger partial charge on any atom is -0.491 e. The van der Waals surface area contributed by atoms with E-state index in [1.165, 1.54) is 5.69 Å². The Labute approximate surface area is 148 Å². The highest BCUT2D eigenvalue weighted by atomic mass is 35.5. The Bertz CT molecular complexity index is 671. The first kappa shape index (κ1) is 18.6. The highest BCUT2D eigenvalue weighted by Gasteiger charge is 2.11. The van der Waals surface area contributed by atoms with Gasteiger partial charge in [0.1, 0.15) is 0 Å². The molecule has 0 amide bonds. The van der Waals surface area contributed by atoms with Crippen molar-refractivity contribution in [2.24, 2.45) is 0 Å². The van der Waals surface area contributed by atoms with Gasteiger partial charge in [0.25, 0.3) is 0 Å². The molecule has 0 aliphatic heterocycles. The maximum absolute atomic E-state index is 6.27. The van der Waals surface area contributed by atoms with Crippen LogP contribution in [0.15, 0.2) is 18.2 Å². The summed E-state index contributed by atoms with van der Waals surface area (Å²) in [5.41, 5.74) is 3.35. The first-order valence-electron chi connectivity index (χ1n) is 8.26. The second kappa shape index (κ2) is 8.94. The largest absolute Gasteiger partial charge is 0.491 e. The van der Waals surface area contributed by atoms with Crippen LogP contribution in [0.25, 0.3) is 0 Å². The molecular formula is C18H26ClN3O2. The molecule has 0 spiro atoms. The van der Waals surface area contributed by atoms with Crippen molar-refractivity contribution >= 4 is 11.6 Å². The van der Waals surface area contributed by atoms with Gasteiger partial charge in [0.15, 0.2) is 11.5 Å². The number of nitrogens with one attached hydrogen (secondary N) is 1. The molecule has 1 aromatic carbocycles. The van der Waals surface area contributed by atoms with Gasteiger partial charge in [-0.15, -0.1) is 0 Å². The Hall–Kier alpha value is -1.72. The molecule has 1 aromatic heterocycles. The third kappa shape index (κ3) is 4.89. The van der Waals surface area contributed by atoms with Crippen molar-refractivity contribution in [3.05, 3.63) is 40.2 Å². The quantitative estimate of drug-likeness (QED) is 0.699. The fourth-order valence-electron chi connectivity index (χ4n) is 2.67. The van der Waals surface area contributed by atoms with E-state index in [-0.39, 0.29) is 0 Å². The number of benzene rings is 1. The van der Waals surface area contributed by atoms with E-state index >= 15 is 0 Å². The lowest BCUT2D eigenvalue weighted by Crippen LogP contribution is -2.17. The lowest BCUT2D eigenvalue weighted by atomic mass is 10.2. The van der Waals surface area contributed by atoms with Crippen molar-refractivity contribution in [3.63, 3.8) is 0 Å². The third-order valence-electron chi connectivity index (χ3n) is 3.73. The van der Waals surface area contributed by atoms with Crippen molar-refractivity contribution in [2.45, 2.75) is 40.3 Å². The summed E-state index contributed by atoms with van der Waals surface area (Å²) in [6.07, 6.45) is 1.02. The maximum atomic E-state index is 6.27. The van der Waals surface area contributed by atoms with Crippen molar-refractivity contribution in [1.82, 2.24) is 15.1 Å². The van der Waals surface area contributed by atoms with E-state index in [4.69, 9.17) is 21.1 Å². The second-order valence-electron chi connectivity index (χ2n) is 5.72. The number of nitrogens with zero attached hydrogens (tertiary/aromatic N) is 2. The average molecular weight is 352 g/mol. The van der Waals surface area contributed by atoms with Crippen LogP contribution in [0.2, 0.25) is 5.02 Å². The molecule has 0 radical (unpaired) electrons. The standard InChI is InChI=1S/C18H26ClN3O2/c1-5-24-17-11-15(10-16(19)18(17)23-4)12-20-7-6-8-22-14(3)9-13(2)21-22/h9-11,20H,5-8,12H2,1-4H3. The molecule has 0 atom stereocenters. The molecule has 5 nitrogen and oxygen atoms in total. The van der Waals surface area contributed by atoms with Crippen LogP contribution < -0.4 is 14.8 Å². The Kier molecular flexibility index (Phi) is 6.94. The fraction of sp³-hybridized carbons (Fsp3) is 0.500. The summed E-state index contributed by atoms with van der Waals surface area (Å²) >= 11 is 6.27. The molecule has 0 saturated carbocycles. The van der Waals surface area contributed by atoms with E-state index in [0.717, 1.165) is 37.3 Å². The first-order valence-corrected chi connectivity index (χ1v) is 8.64. The molecule has 0 bridgehead atoms. The van der Waals surface area contributed by atoms with E-state index in [1.807, 2.05) is 26.0 Å². The monoisotopic (exact) mass is 351 g/mol. The number of hydrogen-bond donors (Lipinski definition) is 1. The van der Waals surface area contributed by atoms with Gasteiger partial charge in [-0.3, -0.25) is 4.68 Å². The zero-order valence-electron chi connectivity index (χ0n) is 14.9. The number of aromatic nitrogens is 2. The first-order chi connectivity index (χ1) is 11.5. The normalized spacial score (nSPS) is 10.9. The van der Waals surface area contributed by atoms with Gasteiger partial charge in [-0.1, -0.05) is 11.6 Å². The van der Waals surface area contributed by atoms with Crippen molar-refractivity contribution in [1.29, 1.82) is 0 Å². The molecule has 2 rings (SSSR count). The van der Waals surface area contributed by atoms with Crippen LogP contribution in [0.3, 0.4) is 0 Å². The van der Waals surface area contributed by atoms with Crippen LogP contribution in [0.5, 0.6) is 11.5 Å². The van der Waals surface area contributed by atoms with E-state index in [2.05, 4.69) is 28.1 Å². The molecule has 0 fully saturated rings. The summed E-state index contributed by atoms with van der Waals surface area (Å²) in [6.45, 7) is 9.18. The van der Waals surface area contributed by atoms with E-state index in [0.29, 0.717) is 23.1 Å². The minimum atomic E-state index is 0.572. The average Bonchev–Trinajstić information content (AvgIpc) is 2.85. The molecule has 1 heterocycles. The number of halogens is 1. The van der Waals surface area contributed by atoms with E-state index in [9.17, 15) is 0 Å². The van der Waals surface area contributed by atoms with Crippen molar-refractivity contribution in [2.75, 3.05) is 20.3 Å². The number of ether oxygens (including phenoxy) is 2. The third-order valence-corrected chi connectivity index (χ3v) is 4.01. The fourth-order valence-corrected chi connectivity index (χ4v) is 2.98. The summed E-state index contributed by atoms with van der Waals surface area (Å²) in [5, 5.41) is 8.48. The molecular weight excluding hydrogens is 326 g/mol. The zero-order chi connectivity index (χ0) is 17.5. The molecule has 24 heavy (non-hydrogen) atoms. The van der Waals surface area contributed by atoms with Crippen LogP contribution in [0.4, 0.5) is 0 Å². The van der Waals surface area contributed by atoms with Crippen molar-refractivity contribution in [3.8, 4) is 11.5 Å². The van der Waals surface area contributed by atoms with Gasteiger partial charge in [-0.05, 0) is 57.5 Å². The van der Waals surface area contributed by atoms with Gasteiger partial charge < -0.3 is 14.8 Å². The lowest BCUT2D eigenvalue weighted by Gasteiger charge is -2.13. The van der Waals surface area contributed by atoms with E-state index < -0.39 is 0 Å². The molecule has 0 aliphatic rings. The topological polar surface area (TPSA) is 48.3 Å². The highest BCUT2D eigenvalue weighted by molar-refractivity contribution is 6.32. The Balaban J connectivity index is 1.84. The summed E-state index contributed by atoms with van der Waals surface area (Å²) < 4.78 is 13.0. The van der Waals surface area contributed by atoms with Gasteiger partial charge >= 0.3 is 0 Å².